The topological polar surface area (TPSA) is 106 Å². The molecule has 10 heteroatoms. The predicted molar refractivity (Wildman–Crippen MR) is 103 cm³/mol. The van der Waals surface area contributed by atoms with Crippen LogP contribution in [0.3, 0.4) is 0 Å². The molecule has 0 aliphatic heterocycles. The molecule has 3 aromatic heterocycles. The number of aromatic amines is 1. The maximum absolute atomic E-state index is 14.1. The molecule has 4 aromatic rings. The second kappa shape index (κ2) is 6.82. The number of nitrogens with one attached hydrogen (secondary N) is 2. The van der Waals surface area contributed by atoms with Crippen molar-refractivity contribution in [2.24, 2.45) is 7.05 Å². The molecule has 4 rings (SSSR count). The number of aryl methyl sites for hydroxylation is 1. The van der Waals surface area contributed by atoms with Crippen LogP contribution in [0.2, 0.25) is 0 Å². The Morgan fingerprint density at radius 3 is 2.72 bits per heavy atom. The van der Waals surface area contributed by atoms with Gasteiger partial charge >= 0.3 is 0 Å². The van der Waals surface area contributed by atoms with Crippen molar-refractivity contribution in [1.82, 2.24) is 14.5 Å². The monoisotopic (exact) mass is 397 g/mol. The summed E-state index contributed by atoms with van der Waals surface area (Å²) in [6, 6.07) is 5.93. The molecule has 0 radical (unpaired) electrons. The zero-order valence-electron chi connectivity index (χ0n) is 14.9. The van der Waals surface area contributed by atoms with Crippen molar-refractivity contribution in [3.63, 3.8) is 0 Å². The highest BCUT2D eigenvalue weighted by Gasteiger charge is 2.19. The summed E-state index contributed by atoms with van der Waals surface area (Å²) in [7, 11) is 1.55. The summed E-state index contributed by atoms with van der Waals surface area (Å²) in [5.41, 5.74) is 0.473. The number of H-pyrrole nitrogens is 1. The highest BCUT2D eigenvalue weighted by atomic mass is 19.1. The first-order valence-electron chi connectivity index (χ1n) is 8.39. The number of anilines is 2. The summed E-state index contributed by atoms with van der Waals surface area (Å²) in [5, 5.41) is 14.5. The number of hydrogen-bond donors (Lipinski definition) is 2. The van der Waals surface area contributed by atoms with Gasteiger partial charge in [0.1, 0.15) is 29.2 Å². The molecule has 146 valence electrons. The number of pyridine rings is 2. The molecule has 0 unspecified atom stereocenters. The number of halogens is 2. The summed E-state index contributed by atoms with van der Waals surface area (Å²) in [4.78, 5) is 29.9. The molecule has 0 saturated carbocycles. The van der Waals surface area contributed by atoms with E-state index in [0.29, 0.717) is 22.5 Å². The largest absolute Gasteiger partial charge is 0.357 e. The van der Waals surface area contributed by atoms with E-state index in [1.165, 1.54) is 22.9 Å². The van der Waals surface area contributed by atoms with Crippen molar-refractivity contribution in [2.75, 3.05) is 5.32 Å². The second-order valence-corrected chi connectivity index (χ2v) is 6.32. The zero-order chi connectivity index (χ0) is 20.7. The van der Waals surface area contributed by atoms with Crippen molar-refractivity contribution >= 4 is 28.1 Å². The first kappa shape index (κ1) is 18.3. The highest BCUT2D eigenvalue weighted by molar-refractivity contribution is 5.97. The number of fused-ring (bicyclic) bond motifs is 1. The van der Waals surface area contributed by atoms with Gasteiger partial charge in [-0.3, -0.25) is 14.9 Å². The molecule has 0 spiro atoms. The minimum absolute atomic E-state index is 0.0517. The van der Waals surface area contributed by atoms with Crippen molar-refractivity contribution in [3.05, 3.63) is 81.0 Å². The Balaban J connectivity index is 1.96. The van der Waals surface area contributed by atoms with Gasteiger partial charge in [-0.05, 0) is 18.2 Å². The van der Waals surface area contributed by atoms with Gasteiger partial charge in [0.05, 0.1) is 10.6 Å². The van der Waals surface area contributed by atoms with Crippen LogP contribution in [0.15, 0.2) is 53.7 Å². The molecule has 0 bridgehead atoms. The van der Waals surface area contributed by atoms with Gasteiger partial charge in [-0.2, -0.15) is 0 Å². The quantitative estimate of drug-likeness (QED) is 0.402. The minimum atomic E-state index is -0.844. The van der Waals surface area contributed by atoms with E-state index in [0.717, 1.165) is 12.3 Å². The fourth-order valence-electron chi connectivity index (χ4n) is 3.06. The Hall–Kier alpha value is -4.08. The zero-order valence-corrected chi connectivity index (χ0v) is 14.9. The smallest absolute Gasteiger partial charge is 0.288 e. The van der Waals surface area contributed by atoms with E-state index in [-0.39, 0.29) is 28.3 Å². The normalized spacial score (nSPS) is 11.0. The lowest BCUT2D eigenvalue weighted by molar-refractivity contribution is -0.385. The Bertz CT molecular complexity index is 1330. The molecular weight excluding hydrogens is 384 g/mol. The van der Waals surface area contributed by atoms with Gasteiger partial charge in [0.25, 0.3) is 11.2 Å². The minimum Gasteiger partial charge on any atom is -0.357 e. The second-order valence-electron chi connectivity index (χ2n) is 6.32. The van der Waals surface area contributed by atoms with Crippen LogP contribution in [-0.4, -0.2) is 19.5 Å². The van der Waals surface area contributed by atoms with E-state index in [4.69, 9.17) is 0 Å². The number of rotatable bonds is 4. The van der Waals surface area contributed by atoms with Gasteiger partial charge in [-0.25, -0.2) is 13.8 Å². The number of nitro groups is 1. The molecule has 0 saturated heterocycles. The van der Waals surface area contributed by atoms with Crippen LogP contribution in [0.1, 0.15) is 0 Å². The van der Waals surface area contributed by atoms with E-state index in [1.807, 2.05) is 0 Å². The molecule has 0 amide bonds. The molecule has 29 heavy (non-hydrogen) atoms. The van der Waals surface area contributed by atoms with Gasteiger partial charge in [0.2, 0.25) is 0 Å². The molecule has 0 atom stereocenters. The Morgan fingerprint density at radius 2 is 2.00 bits per heavy atom. The fourth-order valence-corrected chi connectivity index (χ4v) is 3.06. The third kappa shape index (κ3) is 3.20. The fraction of sp³-hybridized carbons (Fsp3) is 0.0526. The van der Waals surface area contributed by atoms with Crippen LogP contribution < -0.4 is 10.9 Å². The Kier molecular flexibility index (Phi) is 4.30. The van der Waals surface area contributed by atoms with Gasteiger partial charge in [-0.15, -0.1) is 0 Å². The average Bonchev–Trinajstić information content (AvgIpc) is 3.17. The van der Waals surface area contributed by atoms with Crippen molar-refractivity contribution in [3.8, 4) is 11.1 Å². The number of nitrogens with zero attached hydrogens (tertiary/aromatic N) is 3. The predicted octanol–water partition coefficient (Wildman–Crippen LogP) is 3.86. The molecule has 3 heterocycles. The van der Waals surface area contributed by atoms with Crippen LogP contribution in [0.25, 0.3) is 22.0 Å². The van der Waals surface area contributed by atoms with Crippen LogP contribution in [0.5, 0.6) is 0 Å². The van der Waals surface area contributed by atoms with Gasteiger partial charge < -0.3 is 14.9 Å². The molecule has 1 aromatic carbocycles. The summed E-state index contributed by atoms with van der Waals surface area (Å²) >= 11 is 0. The van der Waals surface area contributed by atoms with Gasteiger partial charge in [0.15, 0.2) is 0 Å². The van der Waals surface area contributed by atoms with Crippen LogP contribution >= 0.6 is 0 Å². The lowest BCUT2D eigenvalue weighted by Gasteiger charge is -2.13. The van der Waals surface area contributed by atoms with Crippen LogP contribution in [0, 0.1) is 21.7 Å². The molecule has 8 nitrogen and oxygen atoms in total. The summed E-state index contributed by atoms with van der Waals surface area (Å²) < 4.78 is 28.6. The summed E-state index contributed by atoms with van der Waals surface area (Å²) in [6.07, 6.45) is 4.13. The maximum atomic E-state index is 14.1. The average molecular weight is 397 g/mol. The standard InChI is InChI=1S/C19H13F2N5O3/c1-25-9-14(12-4-5-22-17(12)19(25)27)13-7-11(26(28)29)8-23-18(13)24-16-3-2-10(20)6-15(16)21/h2-9,22H,1H3,(H,23,24). The van der Waals surface area contributed by atoms with Crippen LogP contribution in [-0.2, 0) is 7.05 Å². The number of aromatic nitrogens is 3. The van der Waals surface area contributed by atoms with Gasteiger partial charge in [0, 0.05) is 48.1 Å². The SMILES string of the molecule is Cn1cc(-c2cc([N+](=O)[O-])cnc2Nc2ccc(F)cc2F)c2cc[nH]c2c1=O. The first-order chi connectivity index (χ1) is 13.8. The van der Waals surface area contributed by atoms with E-state index >= 15 is 0 Å². The van der Waals surface area contributed by atoms with E-state index < -0.39 is 16.6 Å². The number of benzene rings is 1. The molecule has 0 aliphatic rings. The van der Waals surface area contributed by atoms with Gasteiger partial charge in [-0.1, -0.05) is 0 Å². The third-order valence-corrected chi connectivity index (χ3v) is 4.45. The lowest BCUT2D eigenvalue weighted by Crippen LogP contribution is -2.16. The van der Waals surface area contributed by atoms with E-state index in [9.17, 15) is 23.7 Å². The molecular formula is C19H13F2N5O3. The number of hydrogen-bond acceptors (Lipinski definition) is 5. The van der Waals surface area contributed by atoms with E-state index in [1.54, 1.807) is 19.3 Å². The Morgan fingerprint density at radius 1 is 1.21 bits per heavy atom. The first-order valence-corrected chi connectivity index (χ1v) is 8.39. The van der Waals surface area contributed by atoms with E-state index in [2.05, 4.69) is 15.3 Å². The molecule has 0 aliphatic carbocycles. The molecule has 2 N–H and O–H groups in total. The van der Waals surface area contributed by atoms with Crippen molar-refractivity contribution < 1.29 is 13.7 Å². The molecule has 0 fully saturated rings. The van der Waals surface area contributed by atoms with Crippen molar-refractivity contribution in [2.45, 2.75) is 0 Å². The lowest BCUT2D eigenvalue weighted by atomic mass is 10.0. The van der Waals surface area contributed by atoms with Crippen LogP contribution in [0.4, 0.5) is 26.0 Å². The highest BCUT2D eigenvalue weighted by Crippen LogP contribution is 2.35. The Labute approximate surface area is 161 Å². The third-order valence-electron chi connectivity index (χ3n) is 4.45. The van der Waals surface area contributed by atoms with Crippen molar-refractivity contribution in [1.29, 1.82) is 0 Å². The summed E-state index contributed by atoms with van der Waals surface area (Å²) in [5.74, 6) is -1.47. The maximum Gasteiger partial charge on any atom is 0.288 e. The summed E-state index contributed by atoms with van der Waals surface area (Å²) in [6.45, 7) is 0.